The molecular formula is C17H20N2OS. The molecule has 0 bridgehead atoms. The maximum Gasteiger partial charge on any atom is 0.229 e. The van der Waals surface area contributed by atoms with Crippen LogP contribution in [0, 0.1) is 5.41 Å². The molecule has 1 saturated carbocycles. The van der Waals surface area contributed by atoms with Crippen molar-refractivity contribution in [1.29, 1.82) is 0 Å². The maximum absolute atomic E-state index is 12.1. The smallest absolute Gasteiger partial charge is 0.229 e. The van der Waals surface area contributed by atoms with Crippen molar-refractivity contribution < 1.29 is 4.79 Å². The van der Waals surface area contributed by atoms with Gasteiger partial charge in [0.25, 0.3) is 0 Å². The molecule has 3 nitrogen and oxygen atoms in total. The van der Waals surface area contributed by atoms with Crippen LogP contribution in [0.2, 0.25) is 0 Å². The molecule has 0 aliphatic heterocycles. The molecule has 1 N–H and O–H groups in total. The standard InChI is InChI=1S/C17H20N2OS/c1-17(2,3)16(20)18-13-6-4-5-12(9-13)15-19-14(10-21-15)11-7-8-11/h4-6,9-11H,7-8H2,1-3H3,(H,18,20). The lowest BCUT2D eigenvalue weighted by atomic mass is 9.95. The Bertz CT molecular complexity index is 665. The Kier molecular flexibility index (Phi) is 3.57. The van der Waals surface area contributed by atoms with Crippen LogP contribution in [0.25, 0.3) is 10.6 Å². The molecule has 1 aliphatic rings. The number of aromatic nitrogens is 1. The van der Waals surface area contributed by atoms with E-state index in [-0.39, 0.29) is 5.91 Å². The van der Waals surface area contributed by atoms with Gasteiger partial charge < -0.3 is 5.32 Å². The highest BCUT2D eigenvalue weighted by atomic mass is 32.1. The zero-order valence-electron chi connectivity index (χ0n) is 12.6. The molecule has 0 unspecified atom stereocenters. The molecule has 4 heteroatoms. The number of thiazole rings is 1. The Morgan fingerprint density at radius 1 is 1.33 bits per heavy atom. The van der Waals surface area contributed by atoms with Crippen molar-refractivity contribution >= 4 is 22.9 Å². The van der Waals surface area contributed by atoms with E-state index in [4.69, 9.17) is 4.98 Å². The molecular weight excluding hydrogens is 280 g/mol. The van der Waals surface area contributed by atoms with E-state index in [0.717, 1.165) is 16.3 Å². The van der Waals surface area contributed by atoms with Crippen LogP contribution in [0.1, 0.15) is 45.2 Å². The summed E-state index contributed by atoms with van der Waals surface area (Å²) in [5, 5.41) is 6.16. The molecule has 21 heavy (non-hydrogen) atoms. The van der Waals surface area contributed by atoms with Gasteiger partial charge >= 0.3 is 0 Å². The van der Waals surface area contributed by atoms with Crippen LogP contribution in [0.5, 0.6) is 0 Å². The van der Waals surface area contributed by atoms with Crippen LogP contribution in [-0.2, 0) is 4.79 Å². The number of nitrogens with one attached hydrogen (secondary N) is 1. The molecule has 110 valence electrons. The fraction of sp³-hybridized carbons (Fsp3) is 0.412. The van der Waals surface area contributed by atoms with Crippen LogP contribution in [0.3, 0.4) is 0 Å². The summed E-state index contributed by atoms with van der Waals surface area (Å²) in [6, 6.07) is 7.93. The summed E-state index contributed by atoms with van der Waals surface area (Å²) in [5.41, 5.74) is 2.73. The highest BCUT2D eigenvalue weighted by Gasteiger charge is 2.26. The first-order chi connectivity index (χ1) is 9.93. The lowest BCUT2D eigenvalue weighted by Gasteiger charge is -2.17. The summed E-state index contributed by atoms with van der Waals surface area (Å²) in [5.74, 6) is 0.705. The molecule has 2 aromatic rings. The first-order valence-corrected chi connectivity index (χ1v) is 8.19. The molecule has 1 aromatic carbocycles. The molecule has 1 fully saturated rings. The second kappa shape index (κ2) is 5.26. The minimum Gasteiger partial charge on any atom is -0.326 e. The summed E-state index contributed by atoms with van der Waals surface area (Å²) >= 11 is 1.68. The van der Waals surface area contributed by atoms with Gasteiger partial charge in [-0.2, -0.15) is 0 Å². The van der Waals surface area contributed by atoms with E-state index < -0.39 is 5.41 Å². The van der Waals surface area contributed by atoms with Crippen molar-refractivity contribution in [2.75, 3.05) is 5.32 Å². The molecule has 0 atom stereocenters. The van der Waals surface area contributed by atoms with E-state index in [1.165, 1.54) is 18.5 Å². The fourth-order valence-corrected chi connectivity index (χ4v) is 2.93. The summed E-state index contributed by atoms with van der Waals surface area (Å²) in [4.78, 5) is 16.8. The molecule has 0 spiro atoms. The highest BCUT2D eigenvalue weighted by molar-refractivity contribution is 7.13. The van der Waals surface area contributed by atoms with Crippen molar-refractivity contribution in [3.63, 3.8) is 0 Å². The number of amides is 1. The number of carbonyl (C=O) groups excluding carboxylic acids is 1. The van der Waals surface area contributed by atoms with Crippen LogP contribution in [0.4, 0.5) is 5.69 Å². The zero-order chi connectivity index (χ0) is 15.0. The second-order valence-corrected chi connectivity index (χ2v) is 7.49. The Labute approximate surface area is 129 Å². The van der Waals surface area contributed by atoms with E-state index in [1.54, 1.807) is 11.3 Å². The van der Waals surface area contributed by atoms with Gasteiger partial charge in [0.15, 0.2) is 0 Å². The van der Waals surface area contributed by atoms with E-state index in [2.05, 4.69) is 10.7 Å². The summed E-state index contributed by atoms with van der Waals surface area (Å²) < 4.78 is 0. The topological polar surface area (TPSA) is 42.0 Å². The quantitative estimate of drug-likeness (QED) is 0.894. The third-order valence-electron chi connectivity index (χ3n) is 3.57. The monoisotopic (exact) mass is 300 g/mol. The SMILES string of the molecule is CC(C)(C)C(=O)Nc1cccc(-c2nc(C3CC3)cs2)c1. The molecule has 1 heterocycles. The van der Waals surface area contributed by atoms with Gasteiger partial charge in [-0.1, -0.05) is 32.9 Å². The maximum atomic E-state index is 12.1. The third kappa shape index (κ3) is 3.32. The third-order valence-corrected chi connectivity index (χ3v) is 4.48. The first kappa shape index (κ1) is 14.3. The minimum atomic E-state index is -0.393. The highest BCUT2D eigenvalue weighted by Crippen LogP contribution is 2.41. The van der Waals surface area contributed by atoms with Crippen LogP contribution >= 0.6 is 11.3 Å². The molecule has 0 radical (unpaired) electrons. The average Bonchev–Trinajstić information content (AvgIpc) is 3.16. The number of anilines is 1. The Balaban J connectivity index is 1.80. The number of hydrogen-bond donors (Lipinski definition) is 1. The van der Waals surface area contributed by atoms with Crippen LogP contribution in [0.15, 0.2) is 29.6 Å². The number of benzene rings is 1. The summed E-state index contributed by atoms with van der Waals surface area (Å²) in [7, 11) is 0. The lowest BCUT2D eigenvalue weighted by Crippen LogP contribution is -2.27. The molecule has 1 aromatic heterocycles. The number of carbonyl (C=O) groups is 1. The average molecular weight is 300 g/mol. The largest absolute Gasteiger partial charge is 0.326 e. The van der Waals surface area contributed by atoms with Gasteiger partial charge in [0, 0.05) is 28.0 Å². The van der Waals surface area contributed by atoms with E-state index in [0.29, 0.717) is 5.92 Å². The predicted molar refractivity (Wildman–Crippen MR) is 87.6 cm³/mol. The van der Waals surface area contributed by atoms with Gasteiger partial charge in [0.2, 0.25) is 5.91 Å². The zero-order valence-corrected chi connectivity index (χ0v) is 13.5. The molecule has 1 amide bonds. The first-order valence-electron chi connectivity index (χ1n) is 7.31. The summed E-state index contributed by atoms with van der Waals surface area (Å²) in [6.07, 6.45) is 2.54. The van der Waals surface area contributed by atoms with E-state index >= 15 is 0 Å². The van der Waals surface area contributed by atoms with Gasteiger partial charge in [-0.25, -0.2) is 4.98 Å². The Morgan fingerprint density at radius 2 is 2.10 bits per heavy atom. The van der Waals surface area contributed by atoms with Gasteiger partial charge in [0.1, 0.15) is 5.01 Å². The minimum absolute atomic E-state index is 0.0254. The van der Waals surface area contributed by atoms with Gasteiger partial charge in [-0.05, 0) is 25.0 Å². The van der Waals surface area contributed by atoms with Gasteiger partial charge in [-0.15, -0.1) is 11.3 Å². The number of hydrogen-bond acceptors (Lipinski definition) is 3. The van der Waals surface area contributed by atoms with E-state index in [1.807, 2.05) is 45.0 Å². The van der Waals surface area contributed by atoms with Crippen molar-refractivity contribution in [2.24, 2.45) is 5.41 Å². The fourth-order valence-electron chi connectivity index (χ4n) is 2.03. The van der Waals surface area contributed by atoms with Crippen molar-refractivity contribution in [2.45, 2.75) is 39.5 Å². The lowest BCUT2D eigenvalue weighted by molar-refractivity contribution is -0.123. The van der Waals surface area contributed by atoms with Crippen LogP contribution in [-0.4, -0.2) is 10.9 Å². The molecule has 3 rings (SSSR count). The predicted octanol–water partition coefficient (Wildman–Crippen LogP) is 4.67. The Morgan fingerprint density at radius 3 is 2.76 bits per heavy atom. The number of nitrogens with zero attached hydrogens (tertiary/aromatic N) is 1. The number of rotatable bonds is 3. The van der Waals surface area contributed by atoms with E-state index in [9.17, 15) is 4.79 Å². The van der Waals surface area contributed by atoms with Crippen molar-refractivity contribution in [1.82, 2.24) is 4.98 Å². The van der Waals surface area contributed by atoms with Crippen molar-refractivity contribution in [3.8, 4) is 10.6 Å². The second-order valence-electron chi connectivity index (χ2n) is 6.64. The summed E-state index contributed by atoms with van der Waals surface area (Å²) in [6.45, 7) is 5.73. The van der Waals surface area contributed by atoms with Gasteiger partial charge in [-0.3, -0.25) is 4.79 Å². The van der Waals surface area contributed by atoms with Gasteiger partial charge in [0.05, 0.1) is 5.69 Å². The van der Waals surface area contributed by atoms with Crippen molar-refractivity contribution in [3.05, 3.63) is 35.3 Å². The molecule has 1 aliphatic carbocycles. The van der Waals surface area contributed by atoms with Crippen LogP contribution < -0.4 is 5.32 Å². The Hall–Kier alpha value is -1.68. The normalized spacial score (nSPS) is 15.0. The molecule has 0 saturated heterocycles.